The minimum absolute atomic E-state index is 0.0321. The highest BCUT2D eigenvalue weighted by atomic mass is 35.5. The van der Waals surface area contributed by atoms with Crippen LogP contribution in [0.25, 0.3) is 0 Å². The Kier molecular flexibility index (Phi) is 9.76. The van der Waals surface area contributed by atoms with Crippen LogP contribution in [0.3, 0.4) is 0 Å². The molecule has 196 valence electrons. The van der Waals surface area contributed by atoms with Crippen molar-refractivity contribution in [3.8, 4) is 5.75 Å². The summed E-state index contributed by atoms with van der Waals surface area (Å²) in [6, 6.07) is 12.3. The Morgan fingerprint density at radius 3 is 2.42 bits per heavy atom. The van der Waals surface area contributed by atoms with Gasteiger partial charge in [0.2, 0.25) is 21.8 Å². The molecule has 10 heteroatoms. The molecule has 0 bridgehead atoms. The first-order valence-corrected chi connectivity index (χ1v) is 13.9. The zero-order valence-electron chi connectivity index (χ0n) is 20.9. The molecule has 0 spiro atoms. The van der Waals surface area contributed by atoms with Gasteiger partial charge in [-0.2, -0.15) is 4.31 Å². The molecule has 1 aliphatic carbocycles. The number of methoxy groups -OCH3 is 1. The van der Waals surface area contributed by atoms with Gasteiger partial charge < -0.3 is 15.0 Å². The lowest BCUT2D eigenvalue weighted by Crippen LogP contribution is -2.52. The van der Waals surface area contributed by atoms with E-state index in [2.05, 4.69) is 5.32 Å². The minimum atomic E-state index is -3.93. The molecule has 0 aliphatic heterocycles. The van der Waals surface area contributed by atoms with E-state index in [9.17, 15) is 18.0 Å². The number of nitrogens with one attached hydrogen (secondary N) is 1. The molecule has 36 heavy (non-hydrogen) atoms. The number of likely N-dealkylation sites (N-methyl/N-ethyl adjacent to an activating group) is 1. The van der Waals surface area contributed by atoms with Crippen LogP contribution in [0.1, 0.15) is 44.6 Å². The second-order valence-corrected chi connectivity index (χ2v) is 11.6. The molecule has 8 nitrogen and oxygen atoms in total. The van der Waals surface area contributed by atoms with E-state index in [4.69, 9.17) is 16.3 Å². The quantitative estimate of drug-likeness (QED) is 0.499. The number of sulfonamides is 1. The Morgan fingerprint density at radius 1 is 1.11 bits per heavy atom. The summed E-state index contributed by atoms with van der Waals surface area (Å²) in [7, 11) is -1.03. The van der Waals surface area contributed by atoms with Gasteiger partial charge in [-0.05, 0) is 61.7 Å². The van der Waals surface area contributed by atoms with Crippen LogP contribution < -0.4 is 10.1 Å². The molecule has 1 fully saturated rings. The highest BCUT2D eigenvalue weighted by molar-refractivity contribution is 7.89. The number of hydrogen-bond acceptors (Lipinski definition) is 5. The molecular weight excluding hydrogens is 502 g/mol. The molecule has 0 radical (unpaired) electrons. The van der Waals surface area contributed by atoms with Gasteiger partial charge in [-0.1, -0.05) is 43.0 Å². The maximum Gasteiger partial charge on any atom is 0.243 e. The number of carbonyl (C=O) groups is 2. The van der Waals surface area contributed by atoms with Crippen LogP contribution in [0.15, 0.2) is 53.4 Å². The summed E-state index contributed by atoms with van der Waals surface area (Å²) in [5, 5.41) is 3.49. The predicted molar refractivity (Wildman–Crippen MR) is 139 cm³/mol. The van der Waals surface area contributed by atoms with Crippen molar-refractivity contribution >= 4 is 33.4 Å². The summed E-state index contributed by atoms with van der Waals surface area (Å²) in [6.45, 7) is 1.38. The number of halogens is 1. The number of benzene rings is 2. The second kappa shape index (κ2) is 12.6. The number of amides is 2. The summed E-state index contributed by atoms with van der Waals surface area (Å²) < 4.78 is 32.3. The standard InChI is InChI=1S/C26H34ClN3O5S/c1-19(26(32)28-22-9-5-4-6-10-22)30(17-20-8-7-11-23(16-20)35-3)25(31)18-29(2)36(33,34)24-14-12-21(27)13-15-24/h7-8,11-16,19,22H,4-6,9-10,17-18H2,1-3H3,(H,28,32). The van der Waals surface area contributed by atoms with Crippen molar-refractivity contribution in [1.82, 2.24) is 14.5 Å². The van der Waals surface area contributed by atoms with E-state index in [1.165, 1.54) is 36.2 Å². The van der Waals surface area contributed by atoms with Crippen molar-refractivity contribution in [2.45, 2.75) is 62.6 Å². The van der Waals surface area contributed by atoms with Gasteiger partial charge in [0.1, 0.15) is 11.8 Å². The van der Waals surface area contributed by atoms with Gasteiger partial charge >= 0.3 is 0 Å². The fourth-order valence-corrected chi connectivity index (χ4v) is 5.52. The van der Waals surface area contributed by atoms with Gasteiger partial charge in [0, 0.05) is 24.7 Å². The van der Waals surface area contributed by atoms with Gasteiger partial charge in [-0.15, -0.1) is 0 Å². The lowest BCUT2D eigenvalue weighted by molar-refractivity contribution is -0.141. The Morgan fingerprint density at radius 2 is 1.78 bits per heavy atom. The molecule has 1 saturated carbocycles. The first kappa shape index (κ1) is 28.0. The SMILES string of the molecule is COc1cccc(CN(C(=O)CN(C)S(=O)(=O)c2ccc(Cl)cc2)C(C)C(=O)NC2CCCCC2)c1. The average Bonchev–Trinajstić information content (AvgIpc) is 2.87. The second-order valence-electron chi connectivity index (χ2n) is 9.11. The van der Waals surface area contributed by atoms with Crippen molar-refractivity contribution in [1.29, 1.82) is 0 Å². The molecule has 2 amide bonds. The Hall–Kier alpha value is -2.62. The summed E-state index contributed by atoms with van der Waals surface area (Å²) in [4.78, 5) is 28.1. The molecule has 1 N–H and O–H groups in total. The van der Waals surface area contributed by atoms with Crippen LogP contribution in [-0.4, -0.2) is 62.2 Å². The van der Waals surface area contributed by atoms with Crippen molar-refractivity contribution in [2.24, 2.45) is 0 Å². The molecule has 1 atom stereocenters. The lowest BCUT2D eigenvalue weighted by atomic mass is 9.95. The van der Waals surface area contributed by atoms with Gasteiger partial charge in [0.05, 0.1) is 18.6 Å². The average molecular weight is 536 g/mol. The topological polar surface area (TPSA) is 96.0 Å². The van der Waals surface area contributed by atoms with E-state index < -0.39 is 28.5 Å². The number of ether oxygens (including phenoxy) is 1. The third kappa shape index (κ3) is 7.21. The highest BCUT2D eigenvalue weighted by Gasteiger charge is 2.31. The smallest absolute Gasteiger partial charge is 0.243 e. The lowest BCUT2D eigenvalue weighted by Gasteiger charge is -2.32. The Bertz CT molecular complexity index is 1150. The van der Waals surface area contributed by atoms with Crippen LogP contribution in [0, 0.1) is 0 Å². The molecule has 0 heterocycles. The van der Waals surface area contributed by atoms with Crippen molar-refractivity contribution < 1.29 is 22.7 Å². The maximum absolute atomic E-state index is 13.5. The molecule has 2 aromatic rings. The van der Waals surface area contributed by atoms with Gasteiger partial charge in [-0.25, -0.2) is 8.42 Å². The molecule has 2 aromatic carbocycles. The molecule has 1 unspecified atom stereocenters. The van der Waals surface area contributed by atoms with E-state index in [0.717, 1.165) is 42.0 Å². The van der Waals surface area contributed by atoms with Crippen LogP contribution in [0.2, 0.25) is 5.02 Å². The normalized spacial score (nSPS) is 15.4. The van der Waals surface area contributed by atoms with Crippen molar-refractivity contribution in [3.05, 3.63) is 59.1 Å². The first-order chi connectivity index (χ1) is 17.1. The zero-order valence-corrected chi connectivity index (χ0v) is 22.5. The van der Waals surface area contributed by atoms with Gasteiger partial charge in [0.15, 0.2) is 0 Å². The van der Waals surface area contributed by atoms with E-state index in [0.29, 0.717) is 10.8 Å². The van der Waals surface area contributed by atoms with E-state index in [1.54, 1.807) is 32.2 Å². The monoisotopic (exact) mass is 535 g/mol. The summed E-state index contributed by atoms with van der Waals surface area (Å²) in [6.07, 6.45) is 5.14. The van der Waals surface area contributed by atoms with Crippen LogP contribution >= 0.6 is 11.6 Å². The van der Waals surface area contributed by atoms with Crippen LogP contribution in [0.5, 0.6) is 5.75 Å². The predicted octanol–water partition coefficient (Wildman–Crippen LogP) is 3.84. The highest BCUT2D eigenvalue weighted by Crippen LogP contribution is 2.21. The fourth-order valence-electron chi connectivity index (χ4n) is 4.27. The van der Waals surface area contributed by atoms with Gasteiger partial charge in [-0.3, -0.25) is 9.59 Å². The van der Waals surface area contributed by atoms with E-state index >= 15 is 0 Å². The van der Waals surface area contributed by atoms with E-state index in [1.807, 2.05) is 6.07 Å². The van der Waals surface area contributed by atoms with Crippen molar-refractivity contribution in [3.63, 3.8) is 0 Å². The number of nitrogens with zero attached hydrogens (tertiary/aromatic N) is 2. The Balaban J connectivity index is 1.80. The third-order valence-electron chi connectivity index (χ3n) is 6.49. The molecule has 3 rings (SSSR count). The number of hydrogen-bond donors (Lipinski definition) is 1. The largest absolute Gasteiger partial charge is 0.497 e. The summed E-state index contributed by atoms with van der Waals surface area (Å²) >= 11 is 5.88. The molecule has 1 aliphatic rings. The van der Waals surface area contributed by atoms with Crippen LogP contribution in [0.4, 0.5) is 0 Å². The summed E-state index contributed by atoms with van der Waals surface area (Å²) in [5.74, 6) is -0.104. The number of rotatable bonds is 10. The van der Waals surface area contributed by atoms with Crippen molar-refractivity contribution in [2.75, 3.05) is 20.7 Å². The molecule has 0 aromatic heterocycles. The van der Waals surface area contributed by atoms with E-state index in [-0.39, 0.29) is 23.4 Å². The summed E-state index contributed by atoms with van der Waals surface area (Å²) in [5.41, 5.74) is 0.767. The molecule has 0 saturated heterocycles. The molecular formula is C26H34ClN3O5S. The van der Waals surface area contributed by atoms with Gasteiger partial charge in [0.25, 0.3) is 0 Å². The first-order valence-electron chi connectivity index (χ1n) is 12.1. The van der Waals surface area contributed by atoms with Crippen LogP contribution in [-0.2, 0) is 26.2 Å². The minimum Gasteiger partial charge on any atom is -0.497 e. The maximum atomic E-state index is 13.5. The number of carbonyl (C=O) groups excluding carboxylic acids is 2. The fraction of sp³-hybridized carbons (Fsp3) is 0.462. The third-order valence-corrected chi connectivity index (χ3v) is 8.56. The zero-order chi connectivity index (χ0) is 26.3. The Labute approximate surface area is 218 Å².